The standard InChI is InChI=1S/C24H33N5O7/c1-12(2)8-16(25)22(33)28-18(10-20(30)31)23(34)27-13(3)21(32)29-19(24(35)36)9-14-11-26-17-7-5-4-6-15(14)17/h4-7,11-13,16,18-19,26H,8-10,25H2,1-3H3,(H,27,34)(H,28,33)(H,29,32)(H,30,31)(H,35,36). The van der Waals surface area contributed by atoms with Gasteiger partial charge >= 0.3 is 11.9 Å². The number of hydrogen-bond donors (Lipinski definition) is 7. The van der Waals surface area contributed by atoms with Gasteiger partial charge in [-0.1, -0.05) is 32.0 Å². The number of para-hydroxylation sites is 1. The first-order valence-electron chi connectivity index (χ1n) is 11.5. The molecular formula is C24H33N5O7. The summed E-state index contributed by atoms with van der Waals surface area (Å²) in [5.41, 5.74) is 7.32. The number of aliphatic carboxylic acids is 2. The lowest BCUT2D eigenvalue weighted by molar-refractivity contribution is -0.143. The van der Waals surface area contributed by atoms with Gasteiger partial charge in [-0.2, -0.15) is 0 Å². The fourth-order valence-corrected chi connectivity index (χ4v) is 3.67. The van der Waals surface area contributed by atoms with Crippen LogP contribution in [0.25, 0.3) is 10.9 Å². The summed E-state index contributed by atoms with van der Waals surface area (Å²) in [4.78, 5) is 63.7. The maximum Gasteiger partial charge on any atom is 0.326 e. The van der Waals surface area contributed by atoms with E-state index in [0.717, 1.165) is 10.9 Å². The second kappa shape index (κ2) is 12.7. The first-order chi connectivity index (χ1) is 16.9. The molecule has 36 heavy (non-hydrogen) atoms. The molecule has 12 heteroatoms. The predicted molar refractivity (Wildman–Crippen MR) is 131 cm³/mol. The highest BCUT2D eigenvalue weighted by molar-refractivity contribution is 5.95. The van der Waals surface area contributed by atoms with Crippen molar-refractivity contribution in [1.82, 2.24) is 20.9 Å². The van der Waals surface area contributed by atoms with Crippen LogP contribution in [0.5, 0.6) is 0 Å². The maximum absolute atomic E-state index is 12.7. The molecule has 0 saturated heterocycles. The maximum atomic E-state index is 12.7. The zero-order valence-electron chi connectivity index (χ0n) is 20.4. The van der Waals surface area contributed by atoms with Gasteiger partial charge in [0, 0.05) is 23.5 Å². The molecule has 0 fully saturated rings. The predicted octanol–water partition coefficient (Wildman–Crippen LogP) is 0.117. The molecule has 0 bridgehead atoms. The Balaban J connectivity index is 2.04. The van der Waals surface area contributed by atoms with Crippen molar-refractivity contribution in [2.45, 2.75) is 64.2 Å². The van der Waals surface area contributed by atoms with Crippen LogP contribution in [0.4, 0.5) is 0 Å². The van der Waals surface area contributed by atoms with E-state index >= 15 is 0 Å². The number of hydrogen-bond acceptors (Lipinski definition) is 6. The van der Waals surface area contributed by atoms with E-state index in [1.807, 2.05) is 38.1 Å². The molecule has 1 heterocycles. The number of amides is 3. The molecule has 0 aliphatic heterocycles. The molecule has 0 spiro atoms. The monoisotopic (exact) mass is 503 g/mol. The van der Waals surface area contributed by atoms with Gasteiger partial charge in [0.25, 0.3) is 0 Å². The number of fused-ring (bicyclic) bond motifs is 1. The van der Waals surface area contributed by atoms with Gasteiger partial charge in [0.05, 0.1) is 12.5 Å². The molecule has 4 atom stereocenters. The second-order valence-corrected chi connectivity index (χ2v) is 9.09. The Bertz CT molecular complexity index is 1110. The Hall–Kier alpha value is -3.93. The third kappa shape index (κ3) is 8.08. The van der Waals surface area contributed by atoms with Crippen molar-refractivity contribution in [2.75, 3.05) is 0 Å². The Labute approximate surface area is 208 Å². The number of carbonyl (C=O) groups excluding carboxylic acids is 3. The lowest BCUT2D eigenvalue weighted by Gasteiger charge is -2.23. The van der Waals surface area contributed by atoms with Crippen molar-refractivity contribution in [3.8, 4) is 0 Å². The van der Waals surface area contributed by atoms with Gasteiger partial charge in [-0.3, -0.25) is 19.2 Å². The molecule has 1 aromatic heterocycles. The van der Waals surface area contributed by atoms with Crippen molar-refractivity contribution in [2.24, 2.45) is 11.7 Å². The number of benzene rings is 1. The molecule has 4 unspecified atom stereocenters. The van der Waals surface area contributed by atoms with Gasteiger partial charge in [0.2, 0.25) is 17.7 Å². The third-order valence-corrected chi connectivity index (χ3v) is 5.54. The summed E-state index contributed by atoms with van der Waals surface area (Å²) < 4.78 is 0. The van der Waals surface area contributed by atoms with Crippen molar-refractivity contribution in [3.63, 3.8) is 0 Å². The molecule has 2 rings (SSSR count). The van der Waals surface area contributed by atoms with Crippen molar-refractivity contribution >= 4 is 40.6 Å². The Morgan fingerprint density at radius 2 is 1.56 bits per heavy atom. The molecule has 12 nitrogen and oxygen atoms in total. The second-order valence-electron chi connectivity index (χ2n) is 9.09. The quantitative estimate of drug-likeness (QED) is 0.199. The number of nitrogens with two attached hydrogens (primary N) is 1. The highest BCUT2D eigenvalue weighted by atomic mass is 16.4. The average molecular weight is 504 g/mol. The van der Waals surface area contributed by atoms with Crippen molar-refractivity contribution < 1.29 is 34.2 Å². The molecule has 0 radical (unpaired) electrons. The van der Waals surface area contributed by atoms with Crippen LogP contribution < -0.4 is 21.7 Å². The minimum absolute atomic E-state index is 0.00279. The van der Waals surface area contributed by atoms with Crippen LogP contribution in [0.2, 0.25) is 0 Å². The summed E-state index contributed by atoms with van der Waals surface area (Å²) in [6, 6.07) is 2.43. The summed E-state index contributed by atoms with van der Waals surface area (Å²) in [7, 11) is 0. The first-order valence-corrected chi connectivity index (χ1v) is 11.5. The largest absolute Gasteiger partial charge is 0.481 e. The topological polar surface area (TPSA) is 204 Å². The van der Waals surface area contributed by atoms with Crippen LogP contribution in [0.3, 0.4) is 0 Å². The number of carboxylic acids is 2. The average Bonchev–Trinajstić information content (AvgIpc) is 3.19. The Morgan fingerprint density at radius 1 is 0.917 bits per heavy atom. The third-order valence-electron chi connectivity index (χ3n) is 5.54. The van der Waals surface area contributed by atoms with Crippen LogP contribution >= 0.6 is 0 Å². The Kier molecular flexibility index (Phi) is 9.97. The zero-order chi connectivity index (χ0) is 27.0. The van der Waals surface area contributed by atoms with E-state index in [4.69, 9.17) is 10.8 Å². The van der Waals surface area contributed by atoms with Gasteiger partial charge < -0.3 is 36.9 Å². The summed E-state index contributed by atoms with van der Waals surface area (Å²) in [6.45, 7) is 5.04. The Morgan fingerprint density at radius 3 is 2.17 bits per heavy atom. The molecule has 196 valence electrons. The molecule has 0 saturated carbocycles. The fraction of sp³-hybridized carbons (Fsp3) is 0.458. The van der Waals surface area contributed by atoms with Gasteiger partial charge in [-0.15, -0.1) is 0 Å². The number of nitrogens with one attached hydrogen (secondary N) is 4. The first kappa shape index (κ1) is 28.3. The number of H-pyrrole nitrogens is 1. The minimum atomic E-state index is -1.47. The van der Waals surface area contributed by atoms with E-state index in [9.17, 15) is 29.1 Å². The zero-order valence-corrected chi connectivity index (χ0v) is 20.4. The van der Waals surface area contributed by atoms with E-state index in [2.05, 4.69) is 20.9 Å². The summed E-state index contributed by atoms with van der Waals surface area (Å²) in [5.74, 6) is -4.88. The molecule has 0 aliphatic carbocycles. The number of aromatic nitrogens is 1. The lowest BCUT2D eigenvalue weighted by Crippen LogP contribution is -2.57. The van der Waals surface area contributed by atoms with Gasteiger partial charge in [-0.25, -0.2) is 4.79 Å². The summed E-state index contributed by atoms with van der Waals surface area (Å²) >= 11 is 0. The van der Waals surface area contributed by atoms with E-state index in [1.165, 1.54) is 6.92 Å². The van der Waals surface area contributed by atoms with Crippen LogP contribution in [-0.4, -0.2) is 69.0 Å². The van der Waals surface area contributed by atoms with Gasteiger partial charge in [-0.05, 0) is 30.9 Å². The minimum Gasteiger partial charge on any atom is -0.481 e. The van der Waals surface area contributed by atoms with Gasteiger partial charge in [0.15, 0.2) is 0 Å². The molecule has 3 amide bonds. The summed E-state index contributed by atoms with van der Waals surface area (Å²) in [5, 5.41) is 26.6. The van der Waals surface area contributed by atoms with Crippen molar-refractivity contribution in [3.05, 3.63) is 36.0 Å². The van der Waals surface area contributed by atoms with Crippen LogP contribution in [0.15, 0.2) is 30.5 Å². The van der Waals surface area contributed by atoms with Crippen LogP contribution in [-0.2, 0) is 30.4 Å². The SMILES string of the molecule is CC(C)CC(N)C(=O)NC(CC(=O)O)C(=O)NC(C)C(=O)NC(Cc1c[nH]c2ccccc12)C(=O)O. The van der Waals surface area contributed by atoms with E-state index in [-0.39, 0.29) is 12.3 Å². The molecule has 0 aliphatic rings. The number of aromatic amines is 1. The fourth-order valence-electron chi connectivity index (χ4n) is 3.67. The van der Waals surface area contributed by atoms with Crippen LogP contribution in [0.1, 0.15) is 39.2 Å². The molecular weight excluding hydrogens is 470 g/mol. The smallest absolute Gasteiger partial charge is 0.326 e. The normalized spacial score (nSPS) is 14.5. The summed E-state index contributed by atoms with van der Waals surface area (Å²) in [6.07, 6.45) is 1.27. The van der Waals surface area contributed by atoms with E-state index < -0.39 is 60.2 Å². The van der Waals surface area contributed by atoms with E-state index in [0.29, 0.717) is 12.0 Å². The molecule has 8 N–H and O–H groups in total. The molecule has 2 aromatic rings. The highest BCUT2D eigenvalue weighted by Crippen LogP contribution is 2.19. The van der Waals surface area contributed by atoms with E-state index in [1.54, 1.807) is 6.20 Å². The number of rotatable bonds is 13. The van der Waals surface area contributed by atoms with Gasteiger partial charge in [0.1, 0.15) is 18.1 Å². The lowest BCUT2D eigenvalue weighted by atomic mass is 10.0. The van der Waals surface area contributed by atoms with Crippen LogP contribution in [0, 0.1) is 5.92 Å². The number of carboxylic acid groups (broad SMARTS) is 2. The van der Waals surface area contributed by atoms with Crippen molar-refractivity contribution in [1.29, 1.82) is 0 Å². The molecule has 1 aromatic carbocycles. The number of carbonyl (C=O) groups is 5. The highest BCUT2D eigenvalue weighted by Gasteiger charge is 2.30.